The van der Waals surface area contributed by atoms with E-state index in [1.807, 2.05) is 7.05 Å². The normalized spacial score (nSPS) is 21.2. The lowest BCUT2D eigenvalue weighted by Crippen LogP contribution is -2.53. The van der Waals surface area contributed by atoms with Crippen LogP contribution in [0.3, 0.4) is 0 Å². The first-order valence-corrected chi connectivity index (χ1v) is 10.4. The van der Waals surface area contributed by atoms with Gasteiger partial charge in [0, 0.05) is 50.9 Å². The van der Waals surface area contributed by atoms with Crippen molar-refractivity contribution in [3.05, 3.63) is 0 Å². The number of methoxy groups -OCH3 is 1. The molecule has 0 atom stereocenters. The van der Waals surface area contributed by atoms with Crippen molar-refractivity contribution in [2.75, 3.05) is 59.4 Å². The predicted octanol–water partition coefficient (Wildman–Crippen LogP) is 2.76. The number of unbranched alkanes of at least 4 members (excludes halogenated alkanes) is 1. The van der Waals surface area contributed by atoms with Crippen LogP contribution < -0.4 is 5.32 Å². The molecular weight excluding hydrogens is 322 g/mol. The fourth-order valence-corrected chi connectivity index (χ4v) is 5.20. The van der Waals surface area contributed by atoms with Gasteiger partial charge in [-0.1, -0.05) is 19.3 Å². The molecule has 1 N–H and O–H groups in total. The highest BCUT2D eigenvalue weighted by molar-refractivity contribution is 8.00. The first-order chi connectivity index (χ1) is 11.8. The van der Waals surface area contributed by atoms with Crippen LogP contribution in [-0.2, 0) is 9.47 Å². The van der Waals surface area contributed by atoms with Crippen LogP contribution in [0.5, 0.6) is 0 Å². The summed E-state index contributed by atoms with van der Waals surface area (Å²) in [5.41, 5.74) is 0. The van der Waals surface area contributed by atoms with E-state index in [9.17, 15) is 0 Å². The Morgan fingerprint density at radius 1 is 1.17 bits per heavy atom. The number of aliphatic imine (C=N–C) groups is 1. The van der Waals surface area contributed by atoms with Crippen molar-refractivity contribution < 1.29 is 9.47 Å². The van der Waals surface area contributed by atoms with E-state index in [-0.39, 0.29) is 0 Å². The highest BCUT2D eigenvalue weighted by Crippen LogP contribution is 2.42. The van der Waals surface area contributed by atoms with E-state index < -0.39 is 0 Å². The summed E-state index contributed by atoms with van der Waals surface area (Å²) in [6, 6.07) is 0. The molecule has 6 heteroatoms. The van der Waals surface area contributed by atoms with E-state index in [1.54, 1.807) is 7.11 Å². The van der Waals surface area contributed by atoms with Crippen LogP contribution in [0.4, 0.5) is 0 Å². The summed E-state index contributed by atoms with van der Waals surface area (Å²) in [6.45, 7) is 5.44. The van der Waals surface area contributed by atoms with Gasteiger partial charge in [-0.25, -0.2) is 0 Å². The van der Waals surface area contributed by atoms with Gasteiger partial charge in [-0.05, 0) is 25.7 Å². The van der Waals surface area contributed by atoms with E-state index in [2.05, 4.69) is 27.0 Å². The molecular formula is C18H35N3O2S. The van der Waals surface area contributed by atoms with Crippen LogP contribution in [0, 0.1) is 0 Å². The van der Waals surface area contributed by atoms with Gasteiger partial charge in [-0.15, -0.1) is 0 Å². The van der Waals surface area contributed by atoms with Gasteiger partial charge in [0.1, 0.15) is 0 Å². The van der Waals surface area contributed by atoms with E-state index in [1.165, 1.54) is 37.9 Å². The SMILES string of the molecule is CN=C(NCCCCOCCOC)N1CCSC2(CCCCC2)C1. The fraction of sp³-hybridized carbons (Fsp3) is 0.944. The maximum atomic E-state index is 5.50. The van der Waals surface area contributed by atoms with Crippen LogP contribution in [0.1, 0.15) is 44.9 Å². The quantitative estimate of drug-likeness (QED) is 0.411. The number of ether oxygens (including phenoxy) is 2. The Morgan fingerprint density at radius 2 is 2.00 bits per heavy atom. The number of guanidine groups is 1. The molecule has 0 unspecified atom stereocenters. The van der Waals surface area contributed by atoms with Crippen LogP contribution in [-0.4, -0.2) is 75.0 Å². The van der Waals surface area contributed by atoms with Gasteiger partial charge in [0.2, 0.25) is 0 Å². The van der Waals surface area contributed by atoms with Crippen molar-refractivity contribution in [1.29, 1.82) is 0 Å². The molecule has 1 saturated heterocycles. The maximum Gasteiger partial charge on any atom is 0.193 e. The topological polar surface area (TPSA) is 46.1 Å². The zero-order chi connectivity index (χ0) is 17.1. The molecule has 1 heterocycles. The summed E-state index contributed by atoms with van der Waals surface area (Å²) in [5.74, 6) is 2.31. The lowest BCUT2D eigenvalue weighted by Gasteiger charge is -2.45. The number of thioether (sulfide) groups is 1. The highest BCUT2D eigenvalue weighted by atomic mass is 32.2. The molecule has 0 aromatic rings. The summed E-state index contributed by atoms with van der Waals surface area (Å²) >= 11 is 2.21. The molecule has 1 aliphatic carbocycles. The molecule has 0 aromatic heterocycles. The first-order valence-electron chi connectivity index (χ1n) is 9.46. The predicted molar refractivity (Wildman–Crippen MR) is 103 cm³/mol. The zero-order valence-corrected chi connectivity index (χ0v) is 16.3. The van der Waals surface area contributed by atoms with Crippen molar-refractivity contribution in [2.24, 2.45) is 4.99 Å². The Labute approximate surface area is 151 Å². The second kappa shape index (κ2) is 11.2. The smallest absolute Gasteiger partial charge is 0.193 e. The van der Waals surface area contributed by atoms with Crippen LogP contribution in [0.25, 0.3) is 0 Å². The lowest BCUT2D eigenvalue weighted by atomic mass is 9.87. The molecule has 140 valence electrons. The van der Waals surface area contributed by atoms with Crippen LogP contribution in [0.15, 0.2) is 4.99 Å². The Bertz CT molecular complexity index is 368. The summed E-state index contributed by atoms with van der Waals surface area (Å²) in [5, 5.41) is 3.55. The first kappa shape index (κ1) is 19.9. The van der Waals surface area contributed by atoms with E-state index in [4.69, 9.17) is 9.47 Å². The second-order valence-corrected chi connectivity index (χ2v) is 8.36. The van der Waals surface area contributed by atoms with Crippen molar-refractivity contribution >= 4 is 17.7 Å². The van der Waals surface area contributed by atoms with Gasteiger partial charge in [0.05, 0.1) is 13.2 Å². The average Bonchev–Trinajstić information content (AvgIpc) is 2.61. The minimum absolute atomic E-state index is 0.489. The molecule has 2 aliphatic rings. The molecule has 0 amide bonds. The third-order valence-corrected chi connectivity index (χ3v) is 6.49. The van der Waals surface area contributed by atoms with Gasteiger partial charge >= 0.3 is 0 Å². The van der Waals surface area contributed by atoms with Gasteiger partial charge in [0.25, 0.3) is 0 Å². The molecule has 24 heavy (non-hydrogen) atoms. The lowest BCUT2D eigenvalue weighted by molar-refractivity contribution is 0.0689. The Hall–Kier alpha value is -0.460. The van der Waals surface area contributed by atoms with E-state index in [0.29, 0.717) is 18.0 Å². The van der Waals surface area contributed by atoms with Crippen molar-refractivity contribution in [2.45, 2.75) is 49.7 Å². The standard InChI is InChI=1S/C18H35N3O2S/c1-19-17(20-10-6-7-12-23-14-13-22-2)21-11-15-24-18(16-21)8-4-3-5-9-18/h3-16H2,1-2H3,(H,19,20). The second-order valence-electron chi connectivity index (χ2n) is 6.80. The molecule has 1 aliphatic heterocycles. The monoisotopic (exact) mass is 357 g/mol. The van der Waals surface area contributed by atoms with Crippen LogP contribution >= 0.6 is 11.8 Å². The largest absolute Gasteiger partial charge is 0.382 e. The van der Waals surface area contributed by atoms with Gasteiger partial charge < -0.3 is 19.7 Å². The molecule has 1 spiro atoms. The number of rotatable bonds is 8. The number of nitrogens with one attached hydrogen (secondary N) is 1. The fourth-order valence-electron chi connectivity index (χ4n) is 3.63. The summed E-state index contributed by atoms with van der Waals surface area (Å²) in [4.78, 5) is 7.01. The molecule has 1 saturated carbocycles. The molecule has 2 fully saturated rings. The minimum Gasteiger partial charge on any atom is -0.382 e. The summed E-state index contributed by atoms with van der Waals surface area (Å²) in [6.07, 6.45) is 9.16. The molecule has 0 bridgehead atoms. The Kier molecular flexibility index (Phi) is 9.28. The van der Waals surface area contributed by atoms with E-state index in [0.717, 1.165) is 45.0 Å². The van der Waals surface area contributed by atoms with E-state index >= 15 is 0 Å². The number of hydrogen-bond acceptors (Lipinski definition) is 4. The zero-order valence-electron chi connectivity index (χ0n) is 15.5. The third kappa shape index (κ3) is 6.45. The van der Waals surface area contributed by atoms with Crippen molar-refractivity contribution in [1.82, 2.24) is 10.2 Å². The number of hydrogen-bond donors (Lipinski definition) is 1. The summed E-state index contributed by atoms with van der Waals surface area (Å²) in [7, 11) is 3.61. The highest BCUT2D eigenvalue weighted by Gasteiger charge is 2.38. The minimum atomic E-state index is 0.489. The van der Waals surface area contributed by atoms with Gasteiger partial charge in [-0.3, -0.25) is 4.99 Å². The third-order valence-electron chi connectivity index (χ3n) is 4.95. The van der Waals surface area contributed by atoms with Crippen molar-refractivity contribution in [3.8, 4) is 0 Å². The molecule has 0 aromatic carbocycles. The average molecular weight is 358 g/mol. The summed E-state index contributed by atoms with van der Waals surface area (Å²) < 4.78 is 11.0. The van der Waals surface area contributed by atoms with Crippen molar-refractivity contribution in [3.63, 3.8) is 0 Å². The molecule has 5 nitrogen and oxygen atoms in total. The number of nitrogens with zero attached hydrogens (tertiary/aromatic N) is 2. The van der Waals surface area contributed by atoms with Gasteiger partial charge in [-0.2, -0.15) is 11.8 Å². The Balaban J connectivity index is 1.65. The molecule has 2 rings (SSSR count). The van der Waals surface area contributed by atoms with Crippen LogP contribution in [0.2, 0.25) is 0 Å². The Morgan fingerprint density at radius 3 is 2.75 bits per heavy atom. The molecule has 0 radical (unpaired) electrons. The van der Waals surface area contributed by atoms with Gasteiger partial charge in [0.15, 0.2) is 5.96 Å². The maximum absolute atomic E-state index is 5.50.